The van der Waals surface area contributed by atoms with Gasteiger partial charge in [0, 0.05) is 18.1 Å². The third kappa shape index (κ3) is 4.52. The predicted octanol–water partition coefficient (Wildman–Crippen LogP) is 3.60. The van der Waals surface area contributed by atoms with Gasteiger partial charge in [0.05, 0.1) is 13.0 Å². The second-order valence-electron chi connectivity index (χ2n) is 6.43. The van der Waals surface area contributed by atoms with Crippen LogP contribution in [0.2, 0.25) is 0 Å². The predicted molar refractivity (Wildman–Crippen MR) is 106 cm³/mol. The number of thioether (sulfide) groups is 1. The molecule has 2 aromatic rings. The number of hydrogen-bond acceptors (Lipinski definition) is 4. The standard InChI is InChI=1S/C21H25NO3S/c1-15-6-3-4-7-17(15)14-26-11-10-22-21(23)18-12-16-8-5-9-19(24-2)20(16)25-13-18/h3-9,18H,10-14H2,1-2H3,(H,22,23). The number of ether oxygens (including phenoxy) is 2. The maximum atomic E-state index is 12.4. The van der Waals surface area contributed by atoms with Crippen molar-refractivity contribution in [2.45, 2.75) is 19.1 Å². The lowest BCUT2D eigenvalue weighted by atomic mass is 9.95. The zero-order valence-electron chi connectivity index (χ0n) is 15.3. The molecule has 1 unspecified atom stereocenters. The summed E-state index contributed by atoms with van der Waals surface area (Å²) in [5, 5.41) is 3.04. The van der Waals surface area contributed by atoms with Gasteiger partial charge in [-0.05, 0) is 36.1 Å². The highest BCUT2D eigenvalue weighted by molar-refractivity contribution is 7.98. The normalized spacial score (nSPS) is 15.7. The molecule has 0 aliphatic carbocycles. The number of fused-ring (bicyclic) bond motifs is 1. The van der Waals surface area contributed by atoms with Crippen molar-refractivity contribution in [3.8, 4) is 11.5 Å². The van der Waals surface area contributed by atoms with Crippen molar-refractivity contribution < 1.29 is 14.3 Å². The molecular formula is C21H25NO3S. The van der Waals surface area contributed by atoms with E-state index in [-0.39, 0.29) is 11.8 Å². The van der Waals surface area contributed by atoms with E-state index in [4.69, 9.17) is 9.47 Å². The Morgan fingerprint density at radius 2 is 2.12 bits per heavy atom. The Labute approximate surface area is 159 Å². The second-order valence-corrected chi connectivity index (χ2v) is 7.54. The van der Waals surface area contributed by atoms with Crippen LogP contribution >= 0.6 is 11.8 Å². The molecule has 0 radical (unpaired) electrons. The monoisotopic (exact) mass is 371 g/mol. The molecule has 0 bridgehead atoms. The lowest BCUT2D eigenvalue weighted by molar-refractivity contribution is -0.126. The molecule has 1 amide bonds. The van der Waals surface area contributed by atoms with E-state index in [9.17, 15) is 4.79 Å². The fourth-order valence-corrected chi connectivity index (χ4v) is 4.00. The smallest absolute Gasteiger partial charge is 0.226 e. The Hall–Kier alpha value is -2.14. The van der Waals surface area contributed by atoms with Gasteiger partial charge in [0.25, 0.3) is 0 Å². The Kier molecular flexibility index (Phi) is 6.45. The molecule has 2 aromatic carbocycles. The van der Waals surface area contributed by atoms with Gasteiger partial charge in [-0.3, -0.25) is 4.79 Å². The minimum atomic E-state index is -0.143. The number of methoxy groups -OCH3 is 1. The van der Waals surface area contributed by atoms with Crippen molar-refractivity contribution in [1.29, 1.82) is 0 Å². The number of carbonyl (C=O) groups is 1. The number of hydrogen-bond donors (Lipinski definition) is 1. The van der Waals surface area contributed by atoms with Crippen LogP contribution in [0.5, 0.6) is 11.5 Å². The van der Waals surface area contributed by atoms with Gasteiger partial charge >= 0.3 is 0 Å². The molecule has 3 rings (SSSR count). The summed E-state index contributed by atoms with van der Waals surface area (Å²) in [6, 6.07) is 14.2. The fraction of sp³-hybridized carbons (Fsp3) is 0.381. The number of benzene rings is 2. The molecule has 0 fully saturated rings. The van der Waals surface area contributed by atoms with Crippen LogP contribution in [-0.2, 0) is 17.0 Å². The van der Waals surface area contributed by atoms with Crippen LogP contribution in [0.25, 0.3) is 0 Å². The molecule has 1 aliphatic heterocycles. The van der Waals surface area contributed by atoms with E-state index in [2.05, 4.69) is 36.5 Å². The van der Waals surface area contributed by atoms with Gasteiger partial charge in [-0.1, -0.05) is 36.4 Å². The first-order valence-corrected chi connectivity index (χ1v) is 10.0. The fourth-order valence-electron chi connectivity index (χ4n) is 3.07. The van der Waals surface area contributed by atoms with Gasteiger partial charge in [-0.2, -0.15) is 11.8 Å². The minimum Gasteiger partial charge on any atom is -0.493 e. The van der Waals surface area contributed by atoms with E-state index >= 15 is 0 Å². The van der Waals surface area contributed by atoms with Crippen molar-refractivity contribution in [3.05, 3.63) is 59.2 Å². The van der Waals surface area contributed by atoms with E-state index < -0.39 is 0 Å². The number of nitrogens with one attached hydrogen (secondary N) is 1. The van der Waals surface area contributed by atoms with Gasteiger partial charge in [-0.25, -0.2) is 0 Å². The molecule has 4 nitrogen and oxygen atoms in total. The summed E-state index contributed by atoms with van der Waals surface area (Å²) in [7, 11) is 1.63. The highest BCUT2D eigenvalue weighted by Crippen LogP contribution is 2.36. The first-order chi connectivity index (χ1) is 12.7. The largest absolute Gasteiger partial charge is 0.493 e. The number of carbonyl (C=O) groups excluding carboxylic acids is 1. The van der Waals surface area contributed by atoms with E-state index in [1.54, 1.807) is 7.11 Å². The van der Waals surface area contributed by atoms with Gasteiger partial charge in [-0.15, -0.1) is 0 Å². The first-order valence-electron chi connectivity index (χ1n) is 8.87. The first kappa shape index (κ1) is 18.6. The van der Waals surface area contributed by atoms with Crippen LogP contribution in [-0.4, -0.2) is 31.9 Å². The lowest BCUT2D eigenvalue weighted by Crippen LogP contribution is -2.38. The van der Waals surface area contributed by atoms with Crippen LogP contribution in [0.3, 0.4) is 0 Å². The molecule has 26 heavy (non-hydrogen) atoms. The van der Waals surface area contributed by atoms with Gasteiger partial charge in [0.15, 0.2) is 11.5 Å². The maximum Gasteiger partial charge on any atom is 0.226 e. The zero-order valence-corrected chi connectivity index (χ0v) is 16.1. The van der Waals surface area contributed by atoms with Crippen molar-refractivity contribution in [2.75, 3.05) is 26.0 Å². The number of aryl methyl sites for hydroxylation is 1. The molecule has 1 aliphatic rings. The Balaban J connectivity index is 1.42. The van der Waals surface area contributed by atoms with Crippen molar-refractivity contribution in [3.63, 3.8) is 0 Å². The lowest BCUT2D eigenvalue weighted by Gasteiger charge is -2.25. The average Bonchev–Trinajstić information content (AvgIpc) is 2.68. The average molecular weight is 372 g/mol. The molecular weight excluding hydrogens is 346 g/mol. The minimum absolute atomic E-state index is 0.0648. The second kappa shape index (κ2) is 8.99. The van der Waals surface area contributed by atoms with Crippen molar-refractivity contribution >= 4 is 17.7 Å². The summed E-state index contributed by atoms with van der Waals surface area (Å²) in [5.41, 5.74) is 3.71. The highest BCUT2D eigenvalue weighted by Gasteiger charge is 2.27. The topological polar surface area (TPSA) is 47.6 Å². The van der Waals surface area contributed by atoms with Crippen LogP contribution in [0.4, 0.5) is 0 Å². The molecule has 1 heterocycles. The molecule has 138 valence electrons. The van der Waals surface area contributed by atoms with E-state index in [1.807, 2.05) is 30.0 Å². The summed E-state index contributed by atoms with van der Waals surface area (Å²) >= 11 is 1.84. The molecule has 0 aromatic heterocycles. The molecule has 0 saturated heterocycles. The highest BCUT2D eigenvalue weighted by atomic mass is 32.2. The van der Waals surface area contributed by atoms with E-state index in [0.717, 1.165) is 28.6 Å². The quantitative estimate of drug-likeness (QED) is 0.756. The van der Waals surface area contributed by atoms with Crippen molar-refractivity contribution in [1.82, 2.24) is 5.32 Å². The summed E-state index contributed by atoms with van der Waals surface area (Å²) < 4.78 is 11.1. The third-order valence-corrected chi connectivity index (χ3v) is 5.62. The van der Waals surface area contributed by atoms with E-state index in [0.29, 0.717) is 19.6 Å². The van der Waals surface area contributed by atoms with Gasteiger partial charge < -0.3 is 14.8 Å². The molecule has 1 N–H and O–H groups in total. The summed E-state index contributed by atoms with van der Waals surface area (Å²) in [5.74, 6) is 3.30. The molecule has 0 spiro atoms. The molecule has 5 heteroatoms. The summed E-state index contributed by atoms with van der Waals surface area (Å²) in [4.78, 5) is 12.4. The summed E-state index contributed by atoms with van der Waals surface area (Å²) in [6.07, 6.45) is 0.689. The summed E-state index contributed by atoms with van der Waals surface area (Å²) in [6.45, 7) is 3.21. The van der Waals surface area contributed by atoms with Crippen LogP contribution in [0.15, 0.2) is 42.5 Å². The Bertz CT molecular complexity index is 763. The molecule has 1 atom stereocenters. The number of para-hydroxylation sites is 1. The Morgan fingerprint density at radius 3 is 2.92 bits per heavy atom. The van der Waals surface area contributed by atoms with Gasteiger partial charge in [0.2, 0.25) is 5.91 Å². The number of rotatable bonds is 7. The zero-order chi connectivity index (χ0) is 18.4. The van der Waals surface area contributed by atoms with Crippen LogP contribution in [0.1, 0.15) is 16.7 Å². The van der Waals surface area contributed by atoms with Gasteiger partial charge in [0.1, 0.15) is 6.61 Å². The molecule has 0 saturated carbocycles. The van der Waals surface area contributed by atoms with Crippen molar-refractivity contribution in [2.24, 2.45) is 5.92 Å². The van der Waals surface area contributed by atoms with Crippen LogP contribution < -0.4 is 14.8 Å². The maximum absolute atomic E-state index is 12.4. The third-order valence-electron chi connectivity index (χ3n) is 4.61. The van der Waals surface area contributed by atoms with Crippen LogP contribution in [0, 0.1) is 12.8 Å². The SMILES string of the molecule is COc1cccc2c1OCC(C(=O)NCCSCc1ccccc1C)C2. The van der Waals surface area contributed by atoms with E-state index in [1.165, 1.54) is 11.1 Å². The Morgan fingerprint density at radius 1 is 1.27 bits per heavy atom. The number of amides is 1.